The van der Waals surface area contributed by atoms with Gasteiger partial charge in [0.15, 0.2) is 0 Å². The van der Waals surface area contributed by atoms with Gasteiger partial charge < -0.3 is 16.0 Å². The number of aryl methyl sites for hydroxylation is 2. The van der Waals surface area contributed by atoms with Crippen LogP contribution in [0.4, 0.5) is 0 Å². The first kappa shape index (κ1) is 12.6. The first-order chi connectivity index (χ1) is 8.49. The molecule has 0 spiro atoms. The number of aromatic nitrogens is 1. The molecule has 4 heteroatoms. The van der Waals surface area contributed by atoms with Crippen LogP contribution in [0.25, 0.3) is 10.9 Å². The molecule has 1 amide bonds. The number of carbonyl (C=O) groups is 1. The van der Waals surface area contributed by atoms with Crippen LogP contribution in [0.15, 0.2) is 18.2 Å². The maximum absolute atomic E-state index is 11.9. The molecule has 0 fully saturated rings. The van der Waals surface area contributed by atoms with E-state index in [1.54, 1.807) is 0 Å². The summed E-state index contributed by atoms with van der Waals surface area (Å²) in [5.74, 6) is -0.0764. The van der Waals surface area contributed by atoms with Crippen molar-refractivity contribution in [1.29, 1.82) is 0 Å². The number of nitrogens with one attached hydrogen (secondary N) is 2. The Labute approximate surface area is 107 Å². The van der Waals surface area contributed by atoms with Crippen molar-refractivity contribution in [1.82, 2.24) is 10.3 Å². The number of hydrogen-bond donors (Lipinski definition) is 3. The predicted octanol–water partition coefficient (Wildman–Crippen LogP) is 1.86. The summed E-state index contributed by atoms with van der Waals surface area (Å²) in [6, 6.07) is 5.66. The van der Waals surface area contributed by atoms with Crippen molar-refractivity contribution in [2.75, 3.05) is 6.54 Å². The van der Waals surface area contributed by atoms with E-state index in [0.717, 1.165) is 16.6 Å². The second-order valence-corrected chi connectivity index (χ2v) is 4.82. The zero-order chi connectivity index (χ0) is 13.3. The van der Waals surface area contributed by atoms with E-state index in [9.17, 15) is 4.79 Å². The number of fused-ring (bicyclic) bond motifs is 1. The second kappa shape index (κ2) is 4.82. The Morgan fingerprint density at radius 2 is 2.17 bits per heavy atom. The van der Waals surface area contributed by atoms with Gasteiger partial charge in [0.25, 0.3) is 5.91 Å². The predicted molar refractivity (Wildman–Crippen MR) is 73.8 cm³/mol. The maximum Gasteiger partial charge on any atom is 0.251 e. The minimum absolute atomic E-state index is 0.0334. The number of carbonyl (C=O) groups excluding carboxylic acids is 1. The van der Waals surface area contributed by atoms with Crippen molar-refractivity contribution >= 4 is 16.8 Å². The van der Waals surface area contributed by atoms with Crippen molar-refractivity contribution < 1.29 is 4.79 Å². The third kappa shape index (κ3) is 2.38. The van der Waals surface area contributed by atoms with Gasteiger partial charge in [-0.15, -0.1) is 0 Å². The number of hydrogen-bond acceptors (Lipinski definition) is 2. The molecular formula is C14H19N3O. The Morgan fingerprint density at radius 1 is 1.44 bits per heavy atom. The van der Waals surface area contributed by atoms with Gasteiger partial charge in [-0.25, -0.2) is 0 Å². The lowest BCUT2D eigenvalue weighted by molar-refractivity contribution is 0.0952. The monoisotopic (exact) mass is 245 g/mol. The molecule has 2 rings (SSSR count). The van der Waals surface area contributed by atoms with E-state index in [4.69, 9.17) is 5.73 Å². The molecule has 1 aromatic carbocycles. The minimum atomic E-state index is -0.0764. The van der Waals surface area contributed by atoms with E-state index in [-0.39, 0.29) is 11.9 Å². The van der Waals surface area contributed by atoms with E-state index in [2.05, 4.69) is 17.2 Å². The lowest BCUT2D eigenvalue weighted by Crippen LogP contribution is -2.35. The summed E-state index contributed by atoms with van der Waals surface area (Å²) < 4.78 is 0. The van der Waals surface area contributed by atoms with Crippen LogP contribution in [0.5, 0.6) is 0 Å². The average Bonchev–Trinajstić information content (AvgIpc) is 2.62. The van der Waals surface area contributed by atoms with E-state index in [1.807, 2.05) is 32.0 Å². The van der Waals surface area contributed by atoms with Gasteiger partial charge in [0.1, 0.15) is 0 Å². The average molecular weight is 245 g/mol. The van der Waals surface area contributed by atoms with Crippen molar-refractivity contribution in [3.63, 3.8) is 0 Å². The molecule has 0 aliphatic carbocycles. The third-order valence-corrected chi connectivity index (χ3v) is 3.16. The molecule has 1 aromatic heterocycles. The summed E-state index contributed by atoms with van der Waals surface area (Å²) in [5.41, 5.74) is 9.68. The number of H-pyrrole nitrogens is 1. The van der Waals surface area contributed by atoms with Crippen molar-refractivity contribution in [2.45, 2.75) is 26.8 Å². The Kier molecular flexibility index (Phi) is 3.39. The second-order valence-electron chi connectivity index (χ2n) is 4.82. The summed E-state index contributed by atoms with van der Waals surface area (Å²) in [5, 5.41) is 3.91. The Morgan fingerprint density at radius 3 is 2.83 bits per heavy atom. The minimum Gasteiger partial charge on any atom is -0.358 e. The largest absolute Gasteiger partial charge is 0.358 e. The molecule has 0 saturated carbocycles. The SMILES string of the molecule is Cc1[nH]c2ccc(C(=O)NCC(C)N)cc2c1C. The number of amides is 1. The molecule has 1 atom stereocenters. The van der Waals surface area contributed by atoms with Gasteiger partial charge in [0.2, 0.25) is 0 Å². The fraction of sp³-hybridized carbons (Fsp3) is 0.357. The zero-order valence-corrected chi connectivity index (χ0v) is 11.0. The molecular weight excluding hydrogens is 226 g/mol. The highest BCUT2D eigenvalue weighted by atomic mass is 16.1. The van der Waals surface area contributed by atoms with Crippen LogP contribution in [-0.2, 0) is 0 Å². The standard InChI is InChI=1S/C14H19N3O/c1-8(15)7-16-14(18)11-4-5-13-12(6-11)9(2)10(3)17-13/h4-6,8,17H,7,15H2,1-3H3,(H,16,18). The topological polar surface area (TPSA) is 70.9 Å². The summed E-state index contributed by atoms with van der Waals surface area (Å²) >= 11 is 0. The van der Waals surface area contributed by atoms with Crippen LogP contribution in [0.2, 0.25) is 0 Å². The summed E-state index contributed by atoms with van der Waals surface area (Å²) in [7, 11) is 0. The number of benzene rings is 1. The lowest BCUT2D eigenvalue weighted by Gasteiger charge is -2.07. The van der Waals surface area contributed by atoms with Crippen molar-refractivity contribution in [3.05, 3.63) is 35.0 Å². The first-order valence-electron chi connectivity index (χ1n) is 6.11. The van der Waals surface area contributed by atoms with Gasteiger partial charge in [0.05, 0.1) is 0 Å². The van der Waals surface area contributed by atoms with E-state index in [1.165, 1.54) is 5.56 Å². The smallest absolute Gasteiger partial charge is 0.251 e. The Bertz CT molecular complexity index is 584. The van der Waals surface area contributed by atoms with Gasteiger partial charge >= 0.3 is 0 Å². The molecule has 2 aromatic rings. The molecule has 0 aliphatic rings. The van der Waals surface area contributed by atoms with Crippen LogP contribution in [-0.4, -0.2) is 23.5 Å². The Hall–Kier alpha value is -1.81. The Balaban J connectivity index is 2.29. The highest BCUT2D eigenvalue weighted by molar-refractivity contribution is 5.99. The van der Waals surface area contributed by atoms with Crippen LogP contribution < -0.4 is 11.1 Å². The molecule has 1 heterocycles. The molecule has 0 aliphatic heterocycles. The fourth-order valence-corrected chi connectivity index (χ4v) is 1.96. The molecule has 4 nitrogen and oxygen atoms in total. The highest BCUT2D eigenvalue weighted by Crippen LogP contribution is 2.22. The number of rotatable bonds is 3. The molecule has 1 unspecified atom stereocenters. The van der Waals surface area contributed by atoms with Gasteiger partial charge in [0, 0.05) is 34.7 Å². The molecule has 96 valence electrons. The molecule has 0 saturated heterocycles. The quantitative estimate of drug-likeness (QED) is 0.772. The molecule has 0 bridgehead atoms. The van der Waals surface area contributed by atoms with E-state index in [0.29, 0.717) is 12.1 Å². The number of aromatic amines is 1. The summed E-state index contributed by atoms with van der Waals surface area (Å²) in [6.07, 6.45) is 0. The van der Waals surface area contributed by atoms with Gasteiger partial charge in [-0.1, -0.05) is 0 Å². The zero-order valence-electron chi connectivity index (χ0n) is 11.0. The van der Waals surface area contributed by atoms with E-state index >= 15 is 0 Å². The third-order valence-electron chi connectivity index (χ3n) is 3.16. The van der Waals surface area contributed by atoms with Crippen molar-refractivity contribution in [3.8, 4) is 0 Å². The lowest BCUT2D eigenvalue weighted by atomic mass is 10.1. The van der Waals surface area contributed by atoms with Crippen LogP contribution in [0.1, 0.15) is 28.5 Å². The summed E-state index contributed by atoms with van der Waals surface area (Å²) in [4.78, 5) is 15.2. The van der Waals surface area contributed by atoms with E-state index < -0.39 is 0 Å². The van der Waals surface area contributed by atoms with Crippen molar-refractivity contribution in [2.24, 2.45) is 5.73 Å². The number of nitrogens with two attached hydrogens (primary N) is 1. The normalized spacial score (nSPS) is 12.7. The van der Waals surface area contributed by atoms with Gasteiger partial charge in [-0.2, -0.15) is 0 Å². The fourth-order valence-electron chi connectivity index (χ4n) is 1.96. The van der Waals surface area contributed by atoms with Crippen LogP contribution in [0, 0.1) is 13.8 Å². The maximum atomic E-state index is 11.9. The molecule has 4 N–H and O–H groups in total. The van der Waals surface area contributed by atoms with Crippen LogP contribution >= 0.6 is 0 Å². The molecule has 18 heavy (non-hydrogen) atoms. The molecule has 0 radical (unpaired) electrons. The summed E-state index contributed by atoms with van der Waals surface area (Å²) in [6.45, 7) is 6.44. The van der Waals surface area contributed by atoms with Crippen LogP contribution in [0.3, 0.4) is 0 Å². The first-order valence-corrected chi connectivity index (χ1v) is 6.11. The van der Waals surface area contributed by atoms with Gasteiger partial charge in [-0.05, 0) is 44.5 Å². The van der Waals surface area contributed by atoms with Gasteiger partial charge in [-0.3, -0.25) is 4.79 Å². The highest BCUT2D eigenvalue weighted by Gasteiger charge is 2.09.